The van der Waals surface area contributed by atoms with Crippen LogP contribution >= 0.6 is 11.6 Å². The van der Waals surface area contributed by atoms with Crippen LogP contribution in [-0.4, -0.2) is 77.8 Å². The van der Waals surface area contributed by atoms with E-state index in [0.717, 1.165) is 43.6 Å². The number of phenols is 1. The Labute approximate surface area is 274 Å². The number of ketones is 1. The molecule has 238 valence electrons. The highest BCUT2D eigenvalue weighted by atomic mass is 35.5. The van der Waals surface area contributed by atoms with Crippen LogP contribution in [0.1, 0.15) is 51.1 Å². The molecule has 2 saturated heterocycles. The second kappa shape index (κ2) is 13.8. The molecule has 6 rings (SSSR count). The highest BCUT2D eigenvalue weighted by Crippen LogP contribution is 2.31. The number of amides is 2. The summed E-state index contributed by atoms with van der Waals surface area (Å²) >= 11 is 6.13. The predicted octanol–water partition coefficient (Wildman–Crippen LogP) is 5.40. The molecule has 0 unspecified atom stereocenters. The number of nitrogens with zero attached hydrogens (tertiary/aromatic N) is 3. The number of rotatable bonds is 8. The predicted molar refractivity (Wildman–Crippen MR) is 180 cm³/mol. The number of fused-ring (bicyclic) bond motifs is 1. The van der Waals surface area contributed by atoms with Crippen molar-refractivity contribution < 1.29 is 19.5 Å². The van der Waals surface area contributed by atoms with Crippen molar-refractivity contribution >= 4 is 34.9 Å². The van der Waals surface area contributed by atoms with Gasteiger partial charge in [-0.3, -0.25) is 14.4 Å². The van der Waals surface area contributed by atoms with Gasteiger partial charge in [-0.05, 0) is 66.8 Å². The van der Waals surface area contributed by atoms with Crippen LogP contribution in [0.5, 0.6) is 5.75 Å². The van der Waals surface area contributed by atoms with E-state index in [9.17, 15) is 19.5 Å². The van der Waals surface area contributed by atoms with Gasteiger partial charge in [-0.2, -0.15) is 0 Å². The number of anilines is 1. The third kappa shape index (κ3) is 6.82. The number of hydrogen-bond acceptors (Lipinski definition) is 6. The summed E-state index contributed by atoms with van der Waals surface area (Å²) in [5.41, 5.74) is 4.69. The van der Waals surface area contributed by atoms with Gasteiger partial charge in [0.15, 0.2) is 5.78 Å². The summed E-state index contributed by atoms with van der Waals surface area (Å²) in [5.74, 6) is -0.133. The van der Waals surface area contributed by atoms with Crippen LogP contribution in [0.2, 0.25) is 5.02 Å². The third-order valence-electron chi connectivity index (χ3n) is 9.19. The molecule has 1 aliphatic carbocycles. The minimum atomic E-state index is -0.644. The van der Waals surface area contributed by atoms with E-state index in [1.807, 2.05) is 46.2 Å². The molecule has 0 radical (unpaired) electrons. The fraction of sp³-hybridized carbons (Fsp3) is 0.324. The van der Waals surface area contributed by atoms with E-state index in [-0.39, 0.29) is 23.3 Å². The second-order valence-electron chi connectivity index (χ2n) is 12.2. The third-order valence-corrected chi connectivity index (χ3v) is 9.44. The van der Waals surface area contributed by atoms with Crippen molar-refractivity contribution in [3.05, 3.63) is 118 Å². The van der Waals surface area contributed by atoms with Crippen molar-refractivity contribution in [1.29, 1.82) is 0 Å². The van der Waals surface area contributed by atoms with Gasteiger partial charge in [-0.15, -0.1) is 0 Å². The molecule has 2 N–H and O–H groups in total. The number of allylic oxidation sites excluding steroid dienone is 2. The summed E-state index contributed by atoms with van der Waals surface area (Å²) in [6.07, 6.45) is 5.49. The Morgan fingerprint density at radius 2 is 1.59 bits per heavy atom. The number of para-hydroxylation sites is 1. The zero-order valence-electron chi connectivity index (χ0n) is 25.9. The molecule has 2 amide bonds. The summed E-state index contributed by atoms with van der Waals surface area (Å²) in [7, 11) is 0. The molecule has 2 heterocycles. The molecule has 2 fully saturated rings. The smallest absolute Gasteiger partial charge is 0.255 e. The number of aromatic hydroxyl groups is 1. The van der Waals surface area contributed by atoms with E-state index >= 15 is 0 Å². The van der Waals surface area contributed by atoms with Crippen LogP contribution < -0.4 is 10.2 Å². The van der Waals surface area contributed by atoms with Gasteiger partial charge < -0.3 is 25.1 Å². The molecule has 3 aromatic rings. The number of carbonyl (C=O) groups excluding carboxylic acids is 3. The second-order valence-corrected chi connectivity index (χ2v) is 12.6. The maximum Gasteiger partial charge on any atom is 0.255 e. The molecule has 0 aromatic heterocycles. The van der Waals surface area contributed by atoms with Gasteiger partial charge in [0.25, 0.3) is 5.91 Å². The Bertz CT molecular complexity index is 1670. The first-order valence-electron chi connectivity index (χ1n) is 16.0. The molecular formula is C37H39ClN4O4. The zero-order valence-corrected chi connectivity index (χ0v) is 26.6. The molecule has 2 aliphatic heterocycles. The minimum absolute atomic E-state index is 0.0649. The number of piperidine rings is 1. The standard InChI is InChI=1S/C37H39ClN4O4/c1-25(27-23-31-29(35(44)24-27)9-7-11-34(31)43)39-32(22-26-12-14-28(38)15-13-26)37(46)42-20-18-40(19-21-42)33-10-4-3-8-30(33)36(45)41-16-5-2-6-17-41/h3-4,7-15,24,32,39,43H,1-2,5-6,16-23H2/t32-/m1/s1. The largest absolute Gasteiger partial charge is 0.508 e. The van der Waals surface area contributed by atoms with Crippen molar-refractivity contribution in [3.8, 4) is 5.75 Å². The summed E-state index contributed by atoms with van der Waals surface area (Å²) in [4.78, 5) is 46.4. The monoisotopic (exact) mass is 638 g/mol. The zero-order chi connectivity index (χ0) is 32.2. The van der Waals surface area contributed by atoms with Crippen LogP contribution in [0.15, 0.2) is 90.7 Å². The number of hydrogen-bond donors (Lipinski definition) is 2. The van der Waals surface area contributed by atoms with Gasteiger partial charge in [0.1, 0.15) is 11.8 Å². The summed E-state index contributed by atoms with van der Waals surface area (Å²) < 4.78 is 0. The normalized spacial score (nSPS) is 17.2. The molecule has 3 aliphatic rings. The lowest BCUT2D eigenvalue weighted by Gasteiger charge is -2.39. The number of likely N-dealkylation sites (tertiary alicyclic amines) is 1. The Kier molecular flexibility index (Phi) is 9.45. The van der Waals surface area contributed by atoms with E-state index in [1.54, 1.807) is 30.3 Å². The van der Waals surface area contributed by atoms with Gasteiger partial charge >= 0.3 is 0 Å². The van der Waals surface area contributed by atoms with Gasteiger partial charge in [-0.1, -0.05) is 54.6 Å². The molecule has 0 bridgehead atoms. The fourth-order valence-corrected chi connectivity index (χ4v) is 6.73. The first-order chi connectivity index (χ1) is 22.3. The van der Waals surface area contributed by atoms with Crippen molar-refractivity contribution in [2.75, 3.05) is 44.2 Å². The fourth-order valence-electron chi connectivity index (χ4n) is 6.61. The molecule has 8 nitrogen and oxygen atoms in total. The van der Waals surface area contributed by atoms with Crippen LogP contribution in [-0.2, 0) is 17.6 Å². The Morgan fingerprint density at radius 3 is 2.33 bits per heavy atom. The van der Waals surface area contributed by atoms with Crippen molar-refractivity contribution in [2.45, 2.75) is 38.1 Å². The first-order valence-corrected chi connectivity index (χ1v) is 16.3. The summed E-state index contributed by atoms with van der Waals surface area (Å²) in [6.45, 7) is 7.98. The number of piperazine rings is 1. The van der Waals surface area contributed by atoms with Crippen LogP contribution in [0.25, 0.3) is 0 Å². The van der Waals surface area contributed by atoms with Gasteiger partial charge in [0.2, 0.25) is 5.91 Å². The lowest BCUT2D eigenvalue weighted by atomic mass is 9.88. The van der Waals surface area contributed by atoms with E-state index in [4.69, 9.17) is 11.6 Å². The Balaban J connectivity index is 1.17. The van der Waals surface area contributed by atoms with Crippen molar-refractivity contribution in [2.24, 2.45) is 0 Å². The molecule has 46 heavy (non-hydrogen) atoms. The average Bonchev–Trinajstić information content (AvgIpc) is 3.09. The molecule has 3 aromatic carbocycles. The van der Waals surface area contributed by atoms with Gasteiger partial charge in [-0.25, -0.2) is 0 Å². The Hall–Kier alpha value is -4.56. The number of nitrogens with one attached hydrogen (secondary N) is 1. The molecule has 0 spiro atoms. The molecule has 1 atom stereocenters. The van der Waals surface area contributed by atoms with Crippen LogP contribution in [0.3, 0.4) is 0 Å². The topological polar surface area (TPSA) is 93.2 Å². The highest BCUT2D eigenvalue weighted by Gasteiger charge is 2.31. The number of phenolic OH excluding ortho intramolecular Hbond substituents is 1. The highest BCUT2D eigenvalue weighted by molar-refractivity contribution is 6.30. The summed E-state index contributed by atoms with van der Waals surface area (Å²) in [6, 6.07) is 19.5. The van der Waals surface area contributed by atoms with Gasteiger partial charge in [0.05, 0.1) is 5.56 Å². The van der Waals surface area contributed by atoms with Crippen LogP contribution in [0, 0.1) is 0 Å². The SMILES string of the molecule is C=C(N[C@H](Cc1ccc(Cl)cc1)C(=O)N1CCN(c2ccccc2C(=O)N2CCCCC2)CC1)C1=CC(=O)c2cccc(O)c2C1. The first kappa shape index (κ1) is 31.4. The van der Waals surface area contributed by atoms with E-state index in [2.05, 4.69) is 16.8 Å². The van der Waals surface area contributed by atoms with Crippen molar-refractivity contribution in [1.82, 2.24) is 15.1 Å². The molecule has 0 saturated carbocycles. The maximum absolute atomic E-state index is 14.1. The average molecular weight is 639 g/mol. The number of benzene rings is 3. The lowest BCUT2D eigenvalue weighted by Crippen LogP contribution is -2.55. The lowest BCUT2D eigenvalue weighted by molar-refractivity contribution is -0.133. The van der Waals surface area contributed by atoms with E-state index in [0.29, 0.717) is 72.0 Å². The van der Waals surface area contributed by atoms with E-state index < -0.39 is 6.04 Å². The van der Waals surface area contributed by atoms with Crippen molar-refractivity contribution in [3.63, 3.8) is 0 Å². The minimum Gasteiger partial charge on any atom is -0.508 e. The van der Waals surface area contributed by atoms with E-state index in [1.165, 1.54) is 6.08 Å². The van der Waals surface area contributed by atoms with Crippen LogP contribution in [0.4, 0.5) is 5.69 Å². The number of halogens is 1. The molecular weight excluding hydrogens is 600 g/mol. The number of carbonyl (C=O) groups is 3. The maximum atomic E-state index is 14.1. The molecule has 9 heteroatoms. The quantitative estimate of drug-likeness (QED) is 0.343. The van der Waals surface area contributed by atoms with Gasteiger partial charge in [0, 0.05) is 79.6 Å². The Morgan fingerprint density at radius 1 is 0.870 bits per heavy atom. The summed E-state index contributed by atoms with van der Waals surface area (Å²) in [5, 5.41) is 14.4.